The van der Waals surface area contributed by atoms with E-state index in [0.717, 1.165) is 16.7 Å². The molecule has 0 heterocycles. The van der Waals surface area contributed by atoms with Crippen molar-refractivity contribution in [3.05, 3.63) is 47.1 Å². The molecule has 3 fully saturated rings. The number of aliphatic carboxylic acids is 1. The van der Waals surface area contributed by atoms with Gasteiger partial charge in [0.1, 0.15) is 11.5 Å². The second-order valence-electron chi connectivity index (χ2n) is 13.4. The lowest BCUT2D eigenvalue weighted by Gasteiger charge is -2.61. The van der Waals surface area contributed by atoms with Crippen molar-refractivity contribution in [2.24, 2.45) is 28.1 Å². The molecule has 0 amide bonds. The van der Waals surface area contributed by atoms with Gasteiger partial charge in [0.05, 0.1) is 11.7 Å². The minimum Gasteiger partial charge on any atom is -0.481 e. The van der Waals surface area contributed by atoms with Crippen LogP contribution in [-0.4, -0.2) is 52.9 Å². The number of allylic oxidation sites excluding steroid dienone is 5. The summed E-state index contributed by atoms with van der Waals surface area (Å²) in [6, 6.07) is 0. The lowest BCUT2D eigenvalue weighted by atomic mass is 9.42. The maximum absolute atomic E-state index is 13.6. The minimum atomic E-state index is -1.20. The molecule has 0 aliphatic heterocycles. The highest BCUT2D eigenvalue weighted by atomic mass is 16.5. The molecule has 7 atom stereocenters. The third kappa shape index (κ3) is 5.78. The summed E-state index contributed by atoms with van der Waals surface area (Å²) in [6.45, 7) is 14.7. The molecule has 3 rings (SSSR count). The summed E-state index contributed by atoms with van der Waals surface area (Å²) in [6.07, 6.45) is 11.4. The molecule has 2 N–H and O–H groups in total. The Morgan fingerprint density at radius 3 is 2.27 bits per heavy atom. The first-order valence-corrected chi connectivity index (χ1v) is 14.4. The lowest BCUT2D eigenvalue weighted by Crippen LogP contribution is -2.61. The second kappa shape index (κ2) is 11.4. The van der Waals surface area contributed by atoms with Crippen molar-refractivity contribution in [1.29, 1.82) is 0 Å². The summed E-state index contributed by atoms with van der Waals surface area (Å²) < 4.78 is 11.1. The number of ether oxygens (including phenoxy) is 2. The monoisotopic (exact) mass is 556 g/mol. The first kappa shape index (κ1) is 32.0. The van der Waals surface area contributed by atoms with Gasteiger partial charge in [-0.15, -0.1) is 0 Å². The Kier molecular flexibility index (Phi) is 9.12. The molecule has 222 valence electrons. The number of methoxy groups -OCH3 is 1. The zero-order chi connectivity index (χ0) is 30.3. The van der Waals surface area contributed by atoms with E-state index in [2.05, 4.69) is 13.8 Å². The van der Waals surface area contributed by atoms with Gasteiger partial charge in [-0.2, -0.15) is 0 Å². The van der Waals surface area contributed by atoms with Gasteiger partial charge in [-0.05, 0) is 88.7 Å². The fourth-order valence-corrected chi connectivity index (χ4v) is 8.18. The third-order valence-corrected chi connectivity index (χ3v) is 10.1. The molecular formula is C33H48O7. The summed E-state index contributed by atoms with van der Waals surface area (Å²) in [5, 5.41) is 20.4. The number of carbonyl (C=O) groups excluding carboxylic acids is 2. The number of fused-ring (bicyclic) bond motifs is 3. The number of carbonyl (C=O) groups is 3. The van der Waals surface area contributed by atoms with Gasteiger partial charge >= 0.3 is 11.9 Å². The van der Waals surface area contributed by atoms with Crippen LogP contribution < -0.4 is 0 Å². The number of hydrogen-bond donors (Lipinski definition) is 2. The van der Waals surface area contributed by atoms with Crippen molar-refractivity contribution < 1.29 is 34.1 Å². The highest BCUT2D eigenvalue weighted by molar-refractivity contribution is 6.01. The van der Waals surface area contributed by atoms with E-state index in [-0.39, 0.29) is 34.6 Å². The Labute approximate surface area is 239 Å². The zero-order valence-corrected chi connectivity index (χ0v) is 25.7. The highest BCUT2D eigenvalue weighted by Crippen LogP contribution is 2.69. The van der Waals surface area contributed by atoms with Crippen LogP contribution in [-0.2, 0) is 23.9 Å². The van der Waals surface area contributed by atoms with E-state index in [0.29, 0.717) is 32.1 Å². The van der Waals surface area contributed by atoms with Crippen molar-refractivity contribution in [3.63, 3.8) is 0 Å². The van der Waals surface area contributed by atoms with Gasteiger partial charge in [0, 0.05) is 31.4 Å². The number of carboxylic acid groups (broad SMARTS) is 1. The quantitative estimate of drug-likeness (QED) is 0.164. The maximum atomic E-state index is 13.6. The zero-order valence-electron chi connectivity index (χ0n) is 25.7. The fourth-order valence-electron chi connectivity index (χ4n) is 8.18. The third-order valence-electron chi connectivity index (χ3n) is 10.1. The Balaban J connectivity index is 1.93. The molecule has 40 heavy (non-hydrogen) atoms. The van der Waals surface area contributed by atoms with Gasteiger partial charge < -0.3 is 19.7 Å². The number of carboxylic acids is 1. The largest absolute Gasteiger partial charge is 0.481 e. The van der Waals surface area contributed by atoms with Crippen molar-refractivity contribution in [2.45, 2.75) is 105 Å². The Bertz CT molecular complexity index is 1150. The molecule has 7 nitrogen and oxygen atoms in total. The van der Waals surface area contributed by atoms with Crippen molar-refractivity contribution in [2.75, 3.05) is 7.11 Å². The molecule has 0 radical (unpaired) electrons. The highest BCUT2D eigenvalue weighted by Gasteiger charge is 2.68. The van der Waals surface area contributed by atoms with Crippen LogP contribution in [0.5, 0.6) is 0 Å². The number of esters is 1. The van der Waals surface area contributed by atoms with Crippen LogP contribution in [0.15, 0.2) is 47.1 Å². The molecule has 3 aliphatic rings. The minimum absolute atomic E-state index is 0.0173. The Morgan fingerprint density at radius 1 is 1.07 bits per heavy atom. The number of Topliss-reactive ketones (excluding diaryl/α,β-unsaturated/α-hetero) is 1. The molecule has 0 spiro atoms. The maximum Gasteiger partial charge on any atom is 0.313 e. The molecule has 0 aromatic carbocycles. The number of rotatable bonds is 8. The molecule has 7 heteroatoms. The first-order valence-electron chi connectivity index (χ1n) is 14.4. The second-order valence-corrected chi connectivity index (χ2v) is 13.4. The summed E-state index contributed by atoms with van der Waals surface area (Å²) in [7, 11) is 1.62. The van der Waals surface area contributed by atoms with Crippen molar-refractivity contribution >= 4 is 17.7 Å². The summed E-state index contributed by atoms with van der Waals surface area (Å²) in [5.41, 5.74) is -0.115. The van der Waals surface area contributed by atoms with E-state index >= 15 is 0 Å². The average molecular weight is 557 g/mol. The number of aliphatic hydroxyl groups is 1. The number of hydrogen-bond acceptors (Lipinski definition) is 6. The first-order chi connectivity index (χ1) is 18.4. The predicted octanol–water partition coefficient (Wildman–Crippen LogP) is 5.98. The van der Waals surface area contributed by atoms with E-state index < -0.39 is 29.1 Å². The van der Waals surface area contributed by atoms with Crippen LogP contribution in [0, 0.1) is 28.1 Å². The number of ketones is 1. The Hall–Kier alpha value is -2.51. The molecule has 0 bridgehead atoms. The fraction of sp³-hybridized carbons (Fsp3) is 0.667. The van der Waals surface area contributed by atoms with E-state index in [1.54, 1.807) is 34.0 Å². The van der Waals surface area contributed by atoms with E-state index in [4.69, 9.17) is 9.47 Å². The van der Waals surface area contributed by atoms with Crippen LogP contribution >= 0.6 is 0 Å². The summed E-state index contributed by atoms with van der Waals surface area (Å²) >= 11 is 0. The van der Waals surface area contributed by atoms with Gasteiger partial charge in [-0.25, -0.2) is 0 Å². The van der Waals surface area contributed by atoms with Crippen molar-refractivity contribution in [3.8, 4) is 0 Å². The lowest BCUT2D eigenvalue weighted by molar-refractivity contribution is -0.204. The van der Waals surface area contributed by atoms with Crippen molar-refractivity contribution in [1.82, 2.24) is 0 Å². The molecule has 0 aromatic heterocycles. The van der Waals surface area contributed by atoms with E-state index in [1.165, 1.54) is 6.92 Å². The van der Waals surface area contributed by atoms with Crippen LogP contribution in [0.1, 0.15) is 87.5 Å². The standard InChI is InChI=1S/C33H48O7/c1-20(24(39-9)13-16-30(4,5)38)11-10-12-21(2)28-23(35)19-26-31(6)18-15-27(40-22(3)34)33(8,29(36)37)25(31)14-17-32(26,28)7/h10-13,16,24-27,38H,14-15,17-19H2,1-9H3,(H,36,37)/b12-10+,16-13+,20-11+,28-21+/t24?,25?,26-,27?,31-,32?,33+/m0/s1. The van der Waals surface area contributed by atoms with Crippen LogP contribution in [0.4, 0.5) is 0 Å². The molecule has 4 unspecified atom stereocenters. The normalized spacial score (nSPS) is 36.9. The smallest absolute Gasteiger partial charge is 0.313 e. The molecule has 3 saturated carbocycles. The molecule has 0 aromatic rings. The summed E-state index contributed by atoms with van der Waals surface area (Å²) in [5.74, 6) is -1.45. The van der Waals surface area contributed by atoms with Gasteiger partial charge in [-0.1, -0.05) is 44.2 Å². The average Bonchev–Trinajstić information content (AvgIpc) is 3.11. The van der Waals surface area contributed by atoms with E-state index in [1.807, 2.05) is 38.2 Å². The topological polar surface area (TPSA) is 110 Å². The van der Waals surface area contributed by atoms with Crippen LogP contribution in [0.2, 0.25) is 0 Å². The van der Waals surface area contributed by atoms with Gasteiger partial charge in [0.2, 0.25) is 0 Å². The summed E-state index contributed by atoms with van der Waals surface area (Å²) in [4.78, 5) is 38.1. The van der Waals surface area contributed by atoms with Crippen LogP contribution in [0.3, 0.4) is 0 Å². The predicted molar refractivity (Wildman–Crippen MR) is 154 cm³/mol. The van der Waals surface area contributed by atoms with Gasteiger partial charge in [0.15, 0.2) is 5.78 Å². The van der Waals surface area contributed by atoms with E-state index in [9.17, 15) is 24.6 Å². The Morgan fingerprint density at radius 2 is 1.73 bits per heavy atom. The molecular weight excluding hydrogens is 508 g/mol. The molecule has 3 aliphatic carbocycles. The van der Waals surface area contributed by atoms with Crippen LogP contribution in [0.25, 0.3) is 0 Å². The molecule has 0 saturated heterocycles. The SMILES string of the molecule is COC(/C=C/C(C)(C)O)/C(C)=C/C=C/C(C)=C1\C(=O)C[C@@H]2C1(C)CCC1[C@@](C)(C(=O)O)C(OC(C)=O)CC[C@@]12C. The van der Waals surface area contributed by atoms with Gasteiger partial charge in [0.25, 0.3) is 0 Å². The van der Waals surface area contributed by atoms with Gasteiger partial charge in [-0.3, -0.25) is 14.4 Å².